The van der Waals surface area contributed by atoms with Gasteiger partial charge in [0, 0.05) is 18.5 Å². The molecule has 1 unspecified atom stereocenters. The third-order valence-electron chi connectivity index (χ3n) is 8.36. The number of hydrogen-bond donors (Lipinski definition) is 2. The van der Waals surface area contributed by atoms with E-state index in [9.17, 15) is 24.3 Å². The average molecular weight is 757 g/mol. The van der Waals surface area contributed by atoms with Gasteiger partial charge >= 0.3 is 18.0 Å². The van der Waals surface area contributed by atoms with Crippen LogP contribution >= 0.6 is 11.8 Å². The van der Waals surface area contributed by atoms with Crippen LogP contribution in [0.25, 0.3) is 11.1 Å². The highest BCUT2D eigenvalue weighted by Gasteiger charge is 2.31. The molecule has 54 heavy (non-hydrogen) atoms. The number of fused-ring (bicyclic) bond motifs is 1. The van der Waals surface area contributed by atoms with Crippen molar-refractivity contribution in [1.29, 1.82) is 0 Å². The smallest absolute Gasteiger partial charge is 0.350 e. The fraction of sp³-hybridized carbons (Fsp3) is 0.359. The van der Waals surface area contributed by atoms with Gasteiger partial charge in [-0.25, -0.2) is 24.4 Å². The van der Waals surface area contributed by atoms with Gasteiger partial charge in [0.2, 0.25) is 11.0 Å². The van der Waals surface area contributed by atoms with Gasteiger partial charge < -0.3 is 24.3 Å². The Morgan fingerprint density at radius 3 is 2.48 bits per heavy atom. The minimum absolute atomic E-state index is 0.0236. The third kappa shape index (κ3) is 10.5. The molecule has 2 aromatic heterocycles. The monoisotopic (exact) mass is 756 g/mol. The van der Waals surface area contributed by atoms with E-state index < -0.39 is 30.0 Å². The molecule has 0 aliphatic carbocycles. The summed E-state index contributed by atoms with van der Waals surface area (Å²) in [6.07, 6.45) is 8.27. The first-order valence-corrected chi connectivity index (χ1v) is 19.0. The van der Waals surface area contributed by atoms with E-state index in [1.165, 1.54) is 98.2 Å². The molecule has 0 saturated heterocycles. The number of oxazole rings is 1. The molecule has 1 atom stereocenters. The summed E-state index contributed by atoms with van der Waals surface area (Å²) in [4.78, 5) is 62.5. The van der Waals surface area contributed by atoms with Crippen molar-refractivity contribution in [3.63, 3.8) is 0 Å². The highest BCUT2D eigenvalue weighted by Crippen LogP contribution is 2.35. The number of ether oxygens (including phenoxy) is 2. The maximum Gasteiger partial charge on any atom is 0.350 e. The van der Waals surface area contributed by atoms with Gasteiger partial charge in [0.15, 0.2) is 5.58 Å². The largest absolute Gasteiger partial charge is 0.478 e. The second-order valence-electron chi connectivity index (χ2n) is 12.5. The van der Waals surface area contributed by atoms with Crippen molar-refractivity contribution in [3.05, 3.63) is 90.1 Å². The molecular formula is C39H44N6O8S. The Morgan fingerprint density at radius 1 is 0.926 bits per heavy atom. The van der Waals surface area contributed by atoms with E-state index in [-0.39, 0.29) is 40.7 Å². The van der Waals surface area contributed by atoms with Crippen molar-refractivity contribution in [3.8, 4) is 5.75 Å². The minimum atomic E-state index is -1.54. The number of carbonyl (C=O) groups is 4. The van der Waals surface area contributed by atoms with Crippen molar-refractivity contribution in [2.75, 3.05) is 29.6 Å². The van der Waals surface area contributed by atoms with E-state index in [4.69, 9.17) is 13.9 Å². The van der Waals surface area contributed by atoms with Crippen LogP contribution in [0.3, 0.4) is 0 Å². The number of rotatable bonds is 19. The van der Waals surface area contributed by atoms with E-state index in [0.717, 1.165) is 29.7 Å². The molecule has 14 nitrogen and oxygen atoms in total. The lowest BCUT2D eigenvalue weighted by Gasteiger charge is -2.23. The molecule has 284 valence electrons. The van der Waals surface area contributed by atoms with Crippen LogP contribution in [0.2, 0.25) is 0 Å². The molecule has 0 radical (unpaired) electrons. The summed E-state index contributed by atoms with van der Waals surface area (Å²) in [5.41, 5.74) is 1.29. The summed E-state index contributed by atoms with van der Waals surface area (Å²) in [5, 5.41) is 17.0. The van der Waals surface area contributed by atoms with Crippen molar-refractivity contribution in [2.45, 2.75) is 76.5 Å². The molecule has 0 aliphatic heterocycles. The Kier molecular flexibility index (Phi) is 14.2. The van der Waals surface area contributed by atoms with Crippen LogP contribution in [0, 0.1) is 0 Å². The molecule has 2 N–H and O–H groups in total. The lowest BCUT2D eigenvalue weighted by Crippen LogP contribution is -2.32. The summed E-state index contributed by atoms with van der Waals surface area (Å²) in [6.45, 7) is 4.39. The van der Waals surface area contributed by atoms with Gasteiger partial charge in [-0.2, -0.15) is 4.68 Å². The van der Waals surface area contributed by atoms with Gasteiger partial charge in [-0.1, -0.05) is 82.3 Å². The Morgan fingerprint density at radius 2 is 1.70 bits per heavy atom. The lowest BCUT2D eigenvalue weighted by molar-refractivity contribution is -0.123. The van der Waals surface area contributed by atoms with Crippen molar-refractivity contribution < 1.29 is 38.2 Å². The minimum Gasteiger partial charge on any atom is -0.478 e. The number of unbranched alkanes of at least 4 members (excludes halogenated alkanes) is 6. The average Bonchev–Trinajstić information content (AvgIpc) is 3.84. The molecule has 3 aromatic carbocycles. The van der Waals surface area contributed by atoms with Crippen LogP contribution in [0.1, 0.15) is 97.9 Å². The lowest BCUT2D eigenvalue weighted by atomic mass is 10.1. The molecular weight excluding hydrogens is 713 g/mol. The van der Waals surface area contributed by atoms with Gasteiger partial charge in [0.1, 0.15) is 17.6 Å². The number of hydrogen-bond acceptors (Lipinski definition) is 11. The number of aromatic nitrogens is 4. The Bertz CT molecular complexity index is 2030. The first-order chi connectivity index (χ1) is 26.2. The fourth-order valence-corrected chi connectivity index (χ4v) is 6.19. The van der Waals surface area contributed by atoms with E-state index >= 15 is 0 Å². The predicted octanol–water partition coefficient (Wildman–Crippen LogP) is 8.39. The maximum absolute atomic E-state index is 13.9. The number of thioether (sulfide) groups is 1. The van der Waals surface area contributed by atoms with Crippen LogP contribution in [-0.4, -0.2) is 68.1 Å². The number of anilines is 2. The molecule has 0 saturated carbocycles. The maximum atomic E-state index is 13.9. The molecule has 2 heterocycles. The summed E-state index contributed by atoms with van der Waals surface area (Å²) in [6, 6.07) is 16.4. The highest BCUT2D eigenvalue weighted by atomic mass is 32.2. The number of amides is 2. The van der Waals surface area contributed by atoms with Gasteiger partial charge in [0.05, 0.1) is 23.4 Å². The first kappa shape index (κ1) is 39.5. The van der Waals surface area contributed by atoms with E-state index in [2.05, 4.69) is 27.3 Å². The number of para-hydroxylation sites is 2. The van der Waals surface area contributed by atoms with Crippen LogP contribution in [0.15, 0.2) is 82.6 Å². The molecule has 5 aromatic rings. The van der Waals surface area contributed by atoms with Crippen LogP contribution in [0.4, 0.5) is 16.2 Å². The summed E-state index contributed by atoms with van der Waals surface area (Å²) in [5.74, 6) is -1.77. The number of carboxylic acids is 1. The molecule has 0 bridgehead atoms. The van der Waals surface area contributed by atoms with Crippen molar-refractivity contribution in [1.82, 2.24) is 19.7 Å². The van der Waals surface area contributed by atoms with Gasteiger partial charge in [-0.3, -0.25) is 9.69 Å². The fourth-order valence-electron chi connectivity index (χ4n) is 5.39. The third-order valence-corrected chi connectivity index (χ3v) is 9.30. The van der Waals surface area contributed by atoms with Gasteiger partial charge in [0.25, 0.3) is 12.0 Å². The molecule has 2 amide bonds. The predicted molar refractivity (Wildman–Crippen MR) is 204 cm³/mol. The van der Waals surface area contributed by atoms with E-state index in [1.54, 1.807) is 24.3 Å². The number of carbonyl (C=O) groups excluding carboxylic acids is 3. The topological polar surface area (TPSA) is 179 Å². The summed E-state index contributed by atoms with van der Waals surface area (Å²) >= 11 is 1.47. The number of aromatic carboxylic acids is 1. The molecule has 0 fully saturated rings. The standard InChI is InChI=1S/C39H44N6O8S/c1-4-6-8-9-10-13-22-54-38-40-25-45(43-38)39(50)44(3)30-24-27(37(49)51-21-7-5-2)19-20-32(30)52-33(35-42-29-17-11-12-18-31(29)53-35)34(46)41-28-16-14-15-26(23-28)36(47)48/h11-12,14-20,23-25,33H,4-10,13,21-22H2,1-3H3,(H,41,46)(H,47,48). The van der Waals surface area contributed by atoms with Gasteiger partial charge in [-0.05, 0) is 61.4 Å². The van der Waals surface area contributed by atoms with Gasteiger partial charge in [-0.15, -0.1) is 5.10 Å². The quantitative estimate of drug-likeness (QED) is 0.0468. The van der Waals surface area contributed by atoms with Crippen LogP contribution in [0.5, 0.6) is 5.75 Å². The zero-order chi connectivity index (χ0) is 38.5. The summed E-state index contributed by atoms with van der Waals surface area (Å²) in [7, 11) is 1.48. The molecule has 0 aliphatic rings. The molecule has 0 spiro atoms. The van der Waals surface area contributed by atoms with Crippen molar-refractivity contribution >= 4 is 58.1 Å². The Labute approximate surface area is 317 Å². The number of nitrogens with one attached hydrogen (secondary N) is 1. The van der Waals surface area contributed by atoms with Crippen molar-refractivity contribution in [2.24, 2.45) is 0 Å². The SMILES string of the molecule is CCCCCCCCSc1ncn(C(=O)N(C)c2cc(C(=O)OCCCC)ccc2OC(C(=O)Nc2cccc(C(=O)O)c2)c2nc3ccccc3o2)n1. The second-order valence-corrected chi connectivity index (χ2v) is 13.6. The van der Waals surface area contributed by atoms with E-state index in [0.29, 0.717) is 22.7 Å². The zero-order valence-electron chi connectivity index (χ0n) is 30.5. The first-order valence-electron chi connectivity index (χ1n) is 18.0. The Balaban J connectivity index is 1.44. The number of esters is 1. The number of carboxylic acid groups (broad SMARTS) is 1. The molecule has 15 heteroatoms. The highest BCUT2D eigenvalue weighted by molar-refractivity contribution is 7.99. The normalized spacial score (nSPS) is 11.6. The van der Waals surface area contributed by atoms with Crippen LogP contribution < -0.4 is 15.0 Å². The molecule has 5 rings (SSSR count). The Hall–Kier alpha value is -5.70. The second kappa shape index (κ2) is 19.4. The number of benzene rings is 3. The zero-order valence-corrected chi connectivity index (χ0v) is 31.3. The van der Waals surface area contributed by atoms with E-state index in [1.807, 2.05) is 6.92 Å². The van der Waals surface area contributed by atoms with Crippen LogP contribution in [-0.2, 0) is 9.53 Å². The number of nitrogens with zero attached hydrogens (tertiary/aromatic N) is 5. The summed E-state index contributed by atoms with van der Waals surface area (Å²) < 4.78 is 18.8.